The number of halogens is 1. The number of hydrogen-bond acceptors (Lipinski definition) is 3. The standard InChI is InChI=1S/C13H12IN3/c1-10(16-17-14)11-5-7-12(8-6-11)13-4-2-3-9-15-13/h2-9,17H,1H3/b16-10+. The number of nitrogens with zero attached hydrogens (tertiary/aromatic N) is 2. The van der Waals surface area contributed by atoms with Crippen LogP contribution in [0, 0.1) is 0 Å². The Morgan fingerprint density at radius 1 is 1.18 bits per heavy atom. The summed E-state index contributed by atoms with van der Waals surface area (Å²) in [5.41, 5.74) is 4.17. The van der Waals surface area contributed by atoms with Gasteiger partial charge in [0, 0.05) is 11.8 Å². The van der Waals surface area contributed by atoms with Crippen molar-refractivity contribution in [2.75, 3.05) is 0 Å². The van der Waals surface area contributed by atoms with Gasteiger partial charge >= 0.3 is 0 Å². The summed E-state index contributed by atoms with van der Waals surface area (Å²) >= 11 is 2.00. The van der Waals surface area contributed by atoms with Gasteiger partial charge in [0.1, 0.15) is 0 Å². The molecule has 0 saturated heterocycles. The lowest BCUT2D eigenvalue weighted by atomic mass is 10.1. The highest BCUT2D eigenvalue weighted by atomic mass is 127. The molecule has 1 N–H and O–H groups in total. The second-order valence-corrected chi connectivity index (χ2v) is 4.06. The molecule has 4 heteroatoms. The zero-order chi connectivity index (χ0) is 12.1. The van der Waals surface area contributed by atoms with Crippen LogP contribution in [0.1, 0.15) is 12.5 Å². The van der Waals surface area contributed by atoms with Crippen molar-refractivity contribution < 1.29 is 0 Å². The van der Waals surface area contributed by atoms with E-state index in [-0.39, 0.29) is 0 Å². The average Bonchev–Trinajstić information content (AvgIpc) is 2.40. The van der Waals surface area contributed by atoms with Crippen LogP contribution < -0.4 is 3.64 Å². The van der Waals surface area contributed by atoms with Crippen LogP contribution in [-0.2, 0) is 0 Å². The van der Waals surface area contributed by atoms with E-state index in [9.17, 15) is 0 Å². The fraction of sp³-hybridized carbons (Fsp3) is 0.0769. The first-order valence-electron chi connectivity index (χ1n) is 5.23. The SMILES string of the molecule is C/C(=N\NI)c1ccc(-c2ccccn2)cc1. The van der Waals surface area contributed by atoms with Crippen LogP contribution in [0.15, 0.2) is 53.8 Å². The van der Waals surface area contributed by atoms with Gasteiger partial charge < -0.3 is 0 Å². The molecule has 0 saturated carbocycles. The van der Waals surface area contributed by atoms with Crippen LogP contribution in [0.2, 0.25) is 0 Å². The minimum Gasteiger partial charge on any atom is -0.256 e. The largest absolute Gasteiger partial charge is 0.256 e. The Balaban J connectivity index is 2.28. The highest BCUT2D eigenvalue weighted by Gasteiger charge is 2.00. The third-order valence-corrected chi connectivity index (χ3v) is 2.71. The topological polar surface area (TPSA) is 37.3 Å². The van der Waals surface area contributed by atoms with E-state index in [4.69, 9.17) is 0 Å². The van der Waals surface area contributed by atoms with Crippen LogP contribution >= 0.6 is 22.9 Å². The molecule has 3 nitrogen and oxygen atoms in total. The first-order valence-corrected chi connectivity index (χ1v) is 6.31. The zero-order valence-corrected chi connectivity index (χ0v) is 11.5. The molecule has 0 aliphatic rings. The van der Waals surface area contributed by atoms with Gasteiger partial charge in [0.2, 0.25) is 0 Å². The van der Waals surface area contributed by atoms with Crippen molar-refractivity contribution in [3.05, 3.63) is 54.2 Å². The number of hydrogen-bond donors (Lipinski definition) is 1. The highest BCUT2D eigenvalue weighted by Crippen LogP contribution is 2.17. The summed E-state index contributed by atoms with van der Waals surface area (Å²) in [5, 5.41) is 4.13. The van der Waals surface area contributed by atoms with Crippen molar-refractivity contribution >= 4 is 28.6 Å². The normalized spacial score (nSPS) is 11.3. The third kappa shape index (κ3) is 3.03. The molecule has 1 aromatic heterocycles. The molecule has 17 heavy (non-hydrogen) atoms. The van der Waals surface area contributed by atoms with Crippen molar-refractivity contribution in [3.8, 4) is 11.3 Å². The highest BCUT2D eigenvalue weighted by molar-refractivity contribution is 14.1. The van der Waals surface area contributed by atoms with Crippen molar-refractivity contribution in [2.24, 2.45) is 5.10 Å². The molecule has 0 aliphatic carbocycles. The summed E-state index contributed by atoms with van der Waals surface area (Å²) in [6.07, 6.45) is 1.80. The summed E-state index contributed by atoms with van der Waals surface area (Å²) in [4.78, 5) is 4.32. The molecule has 0 aliphatic heterocycles. The van der Waals surface area contributed by atoms with Gasteiger partial charge in [-0.15, -0.1) is 0 Å². The quantitative estimate of drug-likeness (QED) is 0.403. The molecule has 1 heterocycles. The molecule has 86 valence electrons. The van der Waals surface area contributed by atoms with Gasteiger partial charge in [-0.05, 0) is 24.6 Å². The minimum absolute atomic E-state index is 0.965. The van der Waals surface area contributed by atoms with E-state index in [0.717, 1.165) is 22.5 Å². The maximum atomic E-state index is 4.32. The Hall–Kier alpha value is -1.43. The number of aromatic nitrogens is 1. The van der Waals surface area contributed by atoms with Crippen molar-refractivity contribution in [1.29, 1.82) is 0 Å². The molecule has 0 bridgehead atoms. The lowest BCUT2D eigenvalue weighted by Gasteiger charge is -2.03. The molecule has 2 rings (SSSR count). The summed E-state index contributed by atoms with van der Waals surface area (Å²) < 4.78 is 2.76. The van der Waals surface area contributed by atoms with Crippen LogP contribution in [0.4, 0.5) is 0 Å². The number of nitrogens with one attached hydrogen (secondary N) is 1. The molecular weight excluding hydrogens is 325 g/mol. The Morgan fingerprint density at radius 2 is 1.94 bits per heavy atom. The van der Waals surface area contributed by atoms with E-state index in [1.165, 1.54) is 0 Å². The van der Waals surface area contributed by atoms with Crippen molar-refractivity contribution in [1.82, 2.24) is 8.62 Å². The number of rotatable bonds is 3. The first-order chi connectivity index (χ1) is 8.31. The van der Waals surface area contributed by atoms with Crippen LogP contribution in [0.25, 0.3) is 11.3 Å². The smallest absolute Gasteiger partial charge is 0.0751 e. The minimum atomic E-state index is 0.965. The van der Waals surface area contributed by atoms with Crippen LogP contribution in [0.3, 0.4) is 0 Å². The van der Waals surface area contributed by atoms with Crippen molar-refractivity contribution in [2.45, 2.75) is 6.92 Å². The van der Waals surface area contributed by atoms with Gasteiger partial charge in [0.15, 0.2) is 0 Å². The molecular formula is C13H12IN3. The Kier molecular flexibility index (Phi) is 4.08. The molecule has 0 unspecified atom stereocenters. The van der Waals surface area contributed by atoms with Crippen LogP contribution in [-0.4, -0.2) is 10.7 Å². The summed E-state index contributed by atoms with van der Waals surface area (Å²) in [7, 11) is 0. The second-order valence-electron chi connectivity index (χ2n) is 3.57. The van der Waals surface area contributed by atoms with E-state index in [2.05, 4.69) is 38.0 Å². The van der Waals surface area contributed by atoms with Gasteiger partial charge in [0.25, 0.3) is 0 Å². The summed E-state index contributed by atoms with van der Waals surface area (Å²) in [5.74, 6) is 0. The maximum absolute atomic E-state index is 4.32. The average molecular weight is 337 g/mol. The van der Waals surface area contributed by atoms with Gasteiger partial charge in [-0.25, -0.2) is 3.64 Å². The molecule has 0 amide bonds. The maximum Gasteiger partial charge on any atom is 0.0751 e. The monoisotopic (exact) mass is 337 g/mol. The fourth-order valence-corrected chi connectivity index (χ4v) is 1.91. The van der Waals surface area contributed by atoms with Crippen LogP contribution in [0.5, 0.6) is 0 Å². The van der Waals surface area contributed by atoms with Gasteiger partial charge in [-0.3, -0.25) is 4.98 Å². The predicted octanol–water partition coefficient (Wildman–Crippen LogP) is 3.41. The fourth-order valence-electron chi connectivity index (χ4n) is 1.54. The van der Waals surface area contributed by atoms with Gasteiger partial charge in [0.05, 0.1) is 34.3 Å². The Labute approximate surface area is 114 Å². The van der Waals surface area contributed by atoms with E-state index >= 15 is 0 Å². The summed E-state index contributed by atoms with van der Waals surface area (Å²) in [6, 6.07) is 14.1. The number of benzene rings is 1. The molecule has 0 spiro atoms. The molecule has 1 aromatic carbocycles. The zero-order valence-electron chi connectivity index (χ0n) is 9.39. The van der Waals surface area contributed by atoms with E-state index in [1.54, 1.807) is 6.20 Å². The summed E-state index contributed by atoms with van der Waals surface area (Å²) in [6.45, 7) is 1.97. The van der Waals surface area contributed by atoms with Gasteiger partial charge in [-0.2, -0.15) is 5.10 Å². The molecule has 0 radical (unpaired) electrons. The Morgan fingerprint density at radius 3 is 2.53 bits per heavy atom. The third-order valence-electron chi connectivity index (χ3n) is 2.47. The lowest BCUT2D eigenvalue weighted by Crippen LogP contribution is -1.98. The Bertz CT molecular complexity index is 506. The second kappa shape index (κ2) is 5.77. The molecule has 2 aromatic rings. The predicted molar refractivity (Wildman–Crippen MR) is 79.0 cm³/mol. The van der Waals surface area contributed by atoms with E-state index in [0.29, 0.717) is 0 Å². The molecule has 0 atom stereocenters. The number of hydrazone groups is 1. The van der Waals surface area contributed by atoms with E-state index in [1.807, 2.05) is 48.0 Å². The van der Waals surface area contributed by atoms with E-state index < -0.39 is 0 Å². The lowest BCUT2D eigenvalue weighted by molar-refractivity contribution is 1.16. The van der Waals surface area contributed by atoms with Crippen molar-refractivity contribution in [3.63, 3.8) is 0 Å². The molecule has 0 fully saturated rings. The number of pyridine rings is 1. The van der Waals surface area contributed by atoms with Gasteiger partial charge in [-0.1, -0.05) is 30.3 Å². The first kappa shape index (κ1) is 12.0.